The average Bonchev–Trinajstić information content (AvgIpc) is 2.26. The number of urea groups is 1. The molecule has 94 valence electrons. The summed E-state index contributed by atoms with van der Waals surface area (Å²) >= 11 is 0. The normalized spacial score (nSPS) is 23.8. The number of hydrogen-bond acceptors (Lipinski definition) is 3. The van der Waals surface area contributed by atoms with Crippen LogP contribution in [0.4, 0.5) is 4.79 Å². The van der Waals surface area contributed by atoms with Gasteiger partial charge in [-0.15, -0.1) is 0 Å². The van der Waals surface area contributed by atoms with E-state index in [0.717, 1.165) is 19.0 Å². The predicted molar refractivity (Wildman–Crippen MR) is 63.0 cm³/mol. The van der Waals surface area contributed by atoms with E-state index in [2.05, 4.69) is 34.4 Å². The maximum absolute atomic E-state index is 11.1. The quantitative estimate of drug-likeness (QED) is 0.706. The van der Waals surface area contributed by atoms with Gasteiger partial charge in [0.15, 0.2) is 0 Å². The van der Waals surface area contributed by atoms with Crippen molar-refractivity contribution in [3.8, 4) is 0 Å². The highest BCUT2D eigenvalue weighted by molar-refractivity contribution is 5.72. The first-order valence-corrected chi connectivity index (χ1v) is 5.94. The second-order valence-corrected chi connectivity index (χ2v) is 4.61. The number of piperidine rings is 1. The van der Waals surface area contributed by atoms with Gasteiger partial charge in [-0.1, -0.05) is 6.92 Å². The monoisotopic (exact) mass is 229 g/mol. The second kappa shape index (κ2) is 6.70. The Bertz CT molecular complexity index is 223. The summed E-state index contributed by atoms with van der Waals surface area (Å²) in [6, 6.07) is 0.102. The van der Waals surface area contributed by atoms with Crippen LogP contribution in [0.15, 0.2) is 0 Å². The molecule has 0 radical (unpaired) electrons. The summed E-state index contributed by atoms with van der Waals surface area (Å²) in [7, 11) is 1.43. The molecule has 2 atom stereocenters. The second-order valence-electron chi connectivity index (χ2n) is 4.61. The summed E-state index contributed by atoms with van der Waals surface area (Å²) in [4.78, 5) is 18.1. The highest BCUT2D eigenvalue weighted by atomic mass is 16.6. The highest BCUT2D eigenvalue weighted by Gasteiger charge is 2.20. The number of amides is 2. The third-order valence-corrected chi connectivity index (χ3v) is 3.06. The topological polar surface area (TPSA) is 53.6 Å². The number of hydroxylamine groups is 1. The average molecular weight is 229 g/mol. The minimum atomic E-state index is -0.278. The number of nitrogens with zero attached hydrogens (tertiary/aromatic N) is 1. The zero-order valence-electron chi connectivity index (χ0n) is 10.5. The first kappa shape index (κ1) is 13.3. The van der Waals surface area contributed by atoms with Gasteiger partial charge in [0.25, 0.3) is 0 Å². The van der Waals surface area contributed by atoms with Crippen LogP contribution in [0.2, 0.25) is 0 Å². The predicted octanol–water partition coefficient (Wildman–Crippen LogP) is 0.967. The van der Waals surface area contributed by atoms with Crippen molar-refractivity contribution in [2.75, 3.05) is 26.7 Å². The number of likely N-dealkylation sites (tertiary alicyclic amines) is 1. The van der Waals surface area contributed by atoms with Crippen molar-refractivity contribution in [2.45, 2.75) is 32.7 Å². The Morgan fingerprint density at radius 3 is 3.00 bits per heavy atom. The largest absolute Gasteiger partial charge is 0.338 e. The molecule has 1 aliphatic rings. The van der Waals surface area contributed by atoms with Gasteiger partial charge in [0.2, 0.25) is 0 Å². The summed E-state index contributed by atoms with van der Waals surface area (Å²) in [5.41, 5.74) is 2.24. The molecule has 0 spiro atoms. The number of carbonyl (C=O) groups excluding carboxylic acids is 1. The molecule has 0 unspecified atom stereocenters. The Morgan fingerprint density at radius 1 is 1.62 bits per heavy atom. The molecule has 0 aromatic rings. The zero-order chi connectivity index (χ0) is 12.0. The van der Waals surface area contributed by atoms with E-state index in [1.165, 1.54) is 20.0 Å². The molecule has 0 aliphatic carbocycles. The van der Waals surface area contributed by atoms with E-state index >= 15 is 0 Å². The standard InChI is InChI=1S/C11H23N3O2/c1-9-5-4-6-14(8-9)10(2)7-12-11(15)13-16-3/h9-10H,4-8H2,1-3H3,(H2,12,13,15)/t9-,10-/m1/s1. The van der Waals surface area contributed by atoms with Gasteiger partial charge in [0.05, 0.1) is 7.11 Å². The van der Waals surface area contributed by atoms with E-state index < -0.39 is 0 Å². The summed E-state index contributed by atoms with van der Waals surface area (Å²) < 4.78 is 0. The molecule has 1 aliphatic heterocycles. The van der Waals surface area contributed by atoms with E-state index in [-0.39, 0.29) is 6.03 Å². The molecule has 16 heavy (non-hydrogen) atoms. The van der Waals surface area contributed by atoms with Gasteiger partial charge >= 0.3 is 6.03 Å². The van der Waals surface area contributed by atoms with Crippen LogP contribution in [-0.4, -0.2) is 43.7 Å². The lowest BCUT2D eigenvalue weighted by Gasteiger charge is -2.35. The first-order valence-electron chi connectivity index (χ1n) is 5.94. The van der Waals surface area contributed by atoms with Crippen molar-refractivity contribution in [1.82, 2.24) is 15.7 Å². The fourth-order valence-electron chi connectivity index (χ4n) is 2.12. The SMILES string of the molecule is CONC(=O)NC[C@@H](C)N1CCC[C@@H](C)C1. The van der Waals surface area contributed by atoms with Crippen molar-refractivity contribution >= 4 is 6.03 Å². The molecule has 1 heterocycles. The molecule has 0 bridgehead atoms. The molecule has 5 heteroatoms. The number of rotatable bonds is 4. The summed E-state index contributed by atoms with van der Waals surface area (Å²) in [5.74, 6) is 0.768. The van der Waals surface area contributed by atoms with Crippen molar-refractivity contribution < 1.29 is 9.63 Å². The lowest BCUT2D eigenvalue weighted by molar-refractivity contribution is 0.103. The lowest BCUT2D eigenvalue weighted by atomic mass is 9.99. The van der Waals surface area contributed by atoms with E-state index in [0.29, 0.717) is 12.6 Å². The Hall–Kier alpha value is -0.810. The minimum absolute atomic E-state index is 0.278. The molecule has 2 N–H and O–H groups in total. The molecular weight excluding hydrogens is 206 g/mol. The maximum Gasteiger partial charge on any atom is 0.338 e. The minimum Gasteiger partial charge on any atom is -0.335 e. The van der Waals surface area contributed by atoms with Crippen LogP contribution in [0.1, 0.15) is 26.7 Å². The maximum atomic E-state index is 11.1. The number of carbonyl (C=O) groups is 1. The van der Waals surface area contributed by atoms with Crippen LogP contribution in [0, 0.1) is 5.92 Å². The molecule has 5 nitrogen and oxygen atoms in total. The van der Waals surface area contributed by atoms with Crippen LogP contribution < -0.4 is 10.8 Å². The third-order valence-electron chi connectivity index (χ3n) is 3.06. The van der Waals surface area contributed by atoms with Gasteiger partial charge < -0.3 is 5.32 Å². The van der Waals surface area contributed by atoms with Crippen molar-refractivity contribution in [2.24, 2.45) is 5.92 Å². The lowest BCUT2D eigenvalue weighted by Crippen LogP contribution is -2.47. The molecule has 1 fully saturated rings. The van der Waals surface area contributed by atoms with Gasteiger partial charge in [0.1, 0.15) is 0 Å². The van der Waals surface area contributed by atoms with Crippen LogP contribution in [0.3, 0.4) is 0 Å². The Labute approximate surface area is 97.5 Å². The molecular formula is C11H23N3O2. The first-order chi connectivity index (χ1) is 7.63. The Morgan fingerprint density at radius 2 is 2.38 bits per heavy atom. The van der Waals surface area contributed by atoms with E-state index in [1.54, 1.807) is 0 Å². The summed E-state index contributed by atoms with van der Waals surface area (Å²) in [6.45, 7) is 7.35. The van der Waals surface area contributed by atoms with Gasteiger partial charge in [0, 0.05) is 19.1 Å². The summed E-state index contributed by atoms with van der Waals surface area (Å²) in [6.07, 6.45) is 2.58. The van der Waals surface area contributed by atoms with Gasteiger partial charge in [-0.05, 0) is 32.2 Å². The van der Waals surface area contributed by atoms with E-state index in [1.807, 2.05) is 0 Å². The van der Waals surface area contributed by atoms with Crippen LogP contribution >= 0.6 is 0 Å². The molecule has 2 amide bonds. The van der Waals surface area contributed by atoms with Crippen molar-refractivity contribution in [3.05, 3.63) is 0 Å². The van der Waals surface area contributed by atoms with Gasteiger partial charge in [-0.2, -0.15) is 0 Å². The van der Waals surface area contributed by atoms with Gasteiger partial charge in [-0.3, -0.25) is 9.74 Å². The molecule has 0 aromatic carbocycles. The molecule has 0 aromatic heterocycles. The highest BCUT2D eigenvalue weighted by Crippen LogP contribution is 2.17. The summed E-state index contributed by atoms with van der Waals surface area (Å²) in [5, 5.41) is 2.78. The Kier molecular flexibility index (Phi) is 5.55. The fraction of sp³-hybridized carbons (Fsp3) is 0.909. The van der Waals surface area contributed by atoms with Crippen LogP contribution in [0.25, 0.3) is 0 Å². The smallest absolute Gasteiger partial charge is 0.335 e. The van der Waals surface area contributed by atoms with Crippen molar-refractivity contribution in [3.63, 3.8) is 0 Å². The van der Waals surface area contributed by atoms with Crippen molar-refractivity contribution in [1.29, 1.82) is 0 Å². The fourth-order valence-corrected chi connectivity index (χ4v) is 2.12. The van der Waals surface area contributed by atoms with Gasteiger partial charge in [-0.25, -0.2) is 10.3 Å². The molecule has 0 saturated carbocycles. The van der Waals surface area contributed by atoms with E-state index in [9.17, 15) is 4.79 Å². The molecule has 1 rings (SSSR count). The molecule has 1 saturated heterocycles. The third kappa shape index (κ3) is 4.37. The number of nitrogens with one attached hydrogen (secondary N) is 2. The zero-order valence-corrected chi connectivity index (χ0v) is 10.5. The Balaban J connectivity index is 2.23. The van der Waals surface area contributed by atoms with E-state index in [4.69, 9.17) is 0 Å². The van der Waals surface area contributed by atoms with Crippen LogP contribution in [-0.2, 0) is 4.84 Å². The number of hydrogen-bond donors (Lipinski definition) is 2. The van der Waals surface area contributed by atoms with Crippen LogP contribution in [0.5, 0.6) is 0 Å².